The fourth-order valence-electron chi connectivity index (χ4n) is 2.50. The van der Waals surface area contributed by atoms with Crippen LogP contribution < -0.4 is 14.8 Å². The molecule has 8 heteroatoms. The van der Waals surface area contributed by atoms with E-state index in [0.29, 0.717) is 24.6 Å². The zero-order valence-corrected chi connectivity index (χ0v) is 15.2. The van der Waals surface area contributed by atoms with Crippen molar-refractivity contribution >= 4 is 28.7 Å². The van der Waals surface area contributed by atoms with Gasteiger partial charge in [0.05, 0.1) is 18.8 Å². The van der Waals surface area contributed by atoms with Crippen LogP contribution >= 0.6 is 11.7 Å². The van der Waals surface area contributed by atoms with Crippen LogP contribution in [-0.4, -0.2) is 33.0 Å². The monoisotopic (exact) mass is 373 g/mol. The van der Waals surface area contributed by atoms with E-state index in [1.165, 1.54) is 25.8 Å². The Bertz CT molecular complexity index is 912. The third-order valence-corrected chi connectivity index (χ3v) is 4.44. The van der Waals surface area contributed by atoms with Crippen molar-refractivity contribution in [3.63, 3.8) is 0 Å². The van der Waals surface area contributed by atoms with Crippen LogP contribution in [0.3, 0.4) is 0 Å². The standard InChI is InChI=1S/C18H19N3O4S/c1-11(18(22)23)25-17-13(4-3-5-16(17)24-2)10-19-9-12-6-7-14-15(8-12)21-26-20-14/h3-8,11,19H,9-10H2,1-2H3,(H,22,23). The number of methoxy groups -OCH3 is 1. The normalized spacial score (nSPS) is 12.1. The van der Waals surface area contributed by atoms with Gasteiger partial charge in [-0.15, -0.1) is 0 Å². The smallest absolute Gasteiger partial charge is 0.344 e. The van der Waals surface area contributed by atoms with Gasteiger partial charge in [0.15, 0.2) is 17.6 Å². The van der Waals surface area contributed by atoms with Crippen LogP contribution in [0.2, 0.25) is 0 Å². The van der Waals surface area contributed by atoms with Gasteiger partial charge in [-0.25, -0.2) is 4.79 Å². The summed E-state index contributed by atoms with van der Waals surface area (Å²) in [7, 11) is 1.53. The van der Waals surface area contributed by atoms with E-state index in [1.54, 1.807) is 6.07 Å². The van der Waals surface area contributed by atoms with Crippen LogP contribution in [0.5, 0.6) is 11.5 Å². The van der Waals surface area contributed by atoms with Gasteiger partial charge in [-0.05, 0) is 30.7 Å². The van der Waals surface area contributed by atoms with Crippen molar-refractivity contribution in [2.75, 3.05) is 7.11 Å². The highest BCUT2D eigenvalue weighted by molar-refractivity contribution is 7.00. The van der Waals surface area contributed by atoms with Crippen LogP contribution in [0, 0.1) is 0 Å². The number of hydrogen-bond donors (Lipinski definition) is 2. The number of rotatable bonds is 8. The third kappa shape index (κ3) is 4.09. The molecule has 2 N–H and O–H groups in total. The van der Waals surface area contributed by atoms with E-state index in [4.69, 9.17) is 14.6 Å². The zero-order valence-electron chi connectivity index (χ0n) is 14.4. The maximum atomic E-state index is 11.1. The molecular weight excluding hydrogens is 354 g/mol. The quantitative estimate of drug-likeness (QED) is 0.627. The number of carboxylic acid groups (broad SMARTS) is 1. The molecule has 7 nitrogen and oxygen atoms in total. The number of carbonyl (C=O) groups is 1. The summed E-state index contributed by atoms with van der Waals surface area (Å²) in [5.41, 5.74) is 3.70. The molecule has 0 fully saturated rings. The molecule has 136 valence electrons. The Labute approximate surface area is 154 Å². The molecule has 0 amide bonds. The van der Waals surface area contributed by atoms with Crippen LogP contribution in [-0.2, 0) is 17.9 Å². The number of nitrogens with zero attached hydrogens (tertiary/aromatic N) is 2. The lowest BCUT2D eigenvalue weighted by Gasteiger charge is -2.17. The first kappa shape index (κ1) is 18.1. The summed E-state index contributed by atoms with van der Waals surface area (Å²) < 4.78 is 19.3. The van der Waals surface area contributed by atoms with Crippen LogP contribution in [0.1, 0.15) is 18.1 Å². The van der Waals surface area contributed by atoms with Gasteiger partial charge < -0.3 is 19.9 Å². The third-order valence-electron chi connectivity index (χ3n) is 3.89. The second kappa shape index (κ2) is 8.11. The lowest BCUT2D eigenvalue weighted by atomic mass is 10.1. The molecule has 0 saturated carbocycles. The number of nitrogens with one attached hydrogen (secondary N) is 1. The van der Waals surface area contributed by atoms with Crippen molar-refractivity contribution in [3.05, 3.63) is 47.5 Å². The molecule has 1 unspecified atom stereocenters. The number of aromatic nitrogens is 2. The van der Waals surface area contributed by atoms with Gasteiger partial charge in [-0.2, -0.15) is 8.75 Å². The molecular formula is C18H19N3O4S. The number of hydrogen-bond acceptors (Lipinski definition) is 7. The SMILES string of the molecule is COc1cccc(CNCc2ccc3nsnc3c2)c1OC(C)C(=O)O. The summed E-state index contributed by atoms with van der Waals surface area (Å²) >= 11 is 1.20. The number of benzene rings is 2. The lowest BCUT2D eigenvalue weighted by molar-refractivity contribution is -0.144. The Balaban J connectivity index is 1.71. The van der Waals surface area contributed by atoms with Gasteiger partial charge in [-0.1, -0.05) is 18.2 Å². The first-order valence-electron chi connectivity index (χ1n) is 8.05. The summed E-state index contributed by atoms with van der Waals surface area (Å²) in [5, 5.41) is 12.4. The molecule has 1 atom stereocenters. The van der Waals surface area contributed by atoms with E-state index in [9.17, 15) is 4.79 Å². The Kier molecular flexibility index (Phi) is 5.65. The first-order valence-corrected chi connectivity index (χ1v) is 8.78. The molecule has 0 aliphatic carbocycles. The molecule has 0 aliphatic rings. The highest BCUT2D eigenvalue weighted by atomic mass is 32.1. The van der Waals surface area contributed by atoms with E-state index < -0.39 is 12.1 Å². The summed E-state index contributed by atoms with van der Waals surface area (Å²) in [4.78, 5) is 11.1. The van der Waals surface area contributed by atoms with E-state index in [1.807, 2.05) is 30.3 Å². The summed E-state index contributed by atoms with van der Waals surface area (Å²) in [6.45, 7) is 2.63. The van der Waals surface area contributed by atoms with Crippen molar-refractivity contribution in [1.82, 2.24) is 14.1 Å². The van der Waals surface area contributed by atoms with Crippen molar-refractivity contribution in [3.8, 4) is 11.5 Å². The molecule has 1 heterocycles. The van der Waals surface area contributed by atoms with Crippen molar-refractivity contribution in [2.24, 2.45) is 0 Å². The minimum absolute atomic E-state index is 0.441. The number of aliphatic carboxylic acids is 1. The molecule has 2 aromatic carbocycles. The maximum absolute atomic E-state index is 11.1. The topological polar surface area (TPSA) is 93.6 Å². The first-order chi connectivity index (χ1) is 12.6. The molecule has 3 aromatic rings. The molecule has 0 aliphatic heterocycles. The van der Waals surface area contributed by atoms with E-state index >= 15 is 0 Å². The number of para-hydroxylation sites is 1. The number of fused-ring (bicyclic) bond motifs is 1. The van der Waals surface area contributed by atoms with Gasteiger partial charge in [0.2, 0.25) is 0 Å². The summed E-state index contributed by atoms with van der Waals surface area (Å²) in [6, 6.07) is 11.4. The van der Waals surface area contributed by atoms with Gasteiger partial charge in [-0.3, -0.25) is 0 Å². The Morgan fingerprint density at radius 1 is 1.23 bits per heavy atom. The molecule has 0 radical (unpaired) electrons. The van der Waals surface area contributed by atoms with Crippen LogP contribution in [0.15, 0.2) is 36.4 Å². The average Bonchev–Trinajstić information content (AvgIpc) is 3.10. The minimum Gasteiger partial charge on any atom is -0.493 e. The molecule has 0 saturated heterocycles. The van der Waals surface area contributed by atoms with Crippen LogP contribution in [0.4, 0.5) is 0 Å². The van der Waals surface area contributed by atoms with Gasteiger partial charge in [0.25, 0.3) is 0 Å². The molecule has 3 rings (SSSR count). The minimum atomic E-state index is -1.03. The van der Waals surface area contributed by atoms with Crippen molar-refractivity contribution in [1.29, 1.82) is 0 Å². The van der Waals surface area contributed by atoms with Gasteiger partial charge >= 0.3 is 5.97 Å². The zero-order chi connectivity index (χ0) is 18.5. The summed E-state index contributed by atoms with van der Waals surface area (Å²) in [6.07, 6.45) is -0.968. The van der Waals surface area contributed by atoms with Crippen molar-refractivity contribution in [2.45, 2.75) is 26.1 Å². The van der Waals surface area contributed by atoms with E-state index in [0.717, 1.165) is 22.2 Å². The number of carboxylic acids is 1. The predicted octanol–water partition coefficient (Wildman–Crippen LogP) is 2.84. The Morgan fingerprint density at radius 3 is 2.81 bits per heavy atom. The van der Waals surface area contributed by atoms with Gasteiger partial charge in [0, 0.05) is 18.7 Å². The predicted molar refractivity (Wildman–Crippen MR) is 98.7 cm³/mol. The highest BCUT2D eigenvalue weighted by Crippen LogP contribution is 2.32. The fraction of sp³-hybridized carbons (Fsp3) is 0.278. The second-order valence-electron chi connectivity index (χ2n) is 5.74. The van der Waals surface area contributed by atoms with Crippen LogP contribution in [0.25, 0.3) is 11.0 Å². The lowest BCUT2D eigenvalue weighted by Crippen LogP contribution is -2.24. The summed E-state index contributed by atoms with van der Waals surface area (Å²) in [5.74, 6) is -0.0797. The molecule has 26 heavy (non-hydrogen) atoms. The molecule has 1 aromatic heterocycles. The second-order valence-corrected chi connectivity index (χ2v) is 6.27. The average molecular weight is 373 g/mol. The van der Waals surface area contributed by atoms with Gasteiger partial charge in [0.1, 0.15) is 11.0 Å². The van der Waals surface area contributed by atoms with E-state index in [-0.39, 0.29) is 0 Å². The van der Waals surface area contributed by atoms with E-state index in [2.05, 4.69) is 14.1 Å². The highest BCUT2D eigenvalue weighted by Gasteiger charge is 2.18. The number of ether oxygens (including phenoxy) is 2. The largest absolute Gasteiger partial charge is 0.493 e. The Morgan fingerprint density at radius 2 is 2.04 bits per heavy atom. The maximum Gasteiger partial charge on any atom is 0.344 e. The van der Waals surface area contributed by atoms with Crippen molar-refractivity contribution < 1.29 is 19.4 Å². The fourth-order valence-corrected chi connectivity index (χ4v) is 3.02. The molecule has 0 bridgehead atoms. The molecule has 0 spiro atoms. The Hall–Kier alpha value is -2.71.